The van der Waals surface area contributed by atoms with Gasteiger partial charge in [-0.25, -0.2) is 0 Å². The predicted octanol–water partition coefficient (Wildman–Crippen LogP) is 3.46. The number of aryl methyl sites for hydroxylation is 1. The number of hydrogen-bond donors (Lipinski definition) is 0. The smallest absolute Gasteiger partial charge is 0.284 e. The third-order valence-corrected chi connectivity index (χ3v) is 2.81. The number of Topliss-reactive ketones (excluding diaryl/α,β-unsaturated/α-hetero) is 1. The van der Waals surface area contributed by atoms with E-state index < -0.39 is 12.0 Å². The first-order valence-electron chi connectivity index (χ1n) is 4.12. The van der Waals surface area contributed by atoms with Crippen molar-refractivity contribution in [1.82, 2.24) is 0 Å². The highest BCUT2D eigenvalue weighted by Crippen LogP contribution is 2.25. The number of halogens is 3. The van der Waals surface area contributed by atoms with Crippen LogP contribution in [0.5, 0.6) is 0 Å². The standard InChI is InChI=1S/C10H9F3OS/c1-6-5-7(3-4-8(6)15-2)9(14)10(11,12)13/h3-5H,1-2H3. The van der Waals surface area contributed by atoms with Crippen molar-refractivity contribution in [3.63, 3.8) is 0 Å². The first-order chi connectivity index (χ1) is 6.86. The molecular weight excluding hydrogens is 225 g/mol. The van der Waals surface area contributed by atoms with Gasteiger partial charge in [-0.1, -0.05) is 0 Å². The largest absolute Gasteiger partial charge is 0.454 e. The fourth-order valence-corrected chi connectivity index (χ4v) is 1.77. The first kappa shape index (κ1) is 12.1. The Balaban J connectivity index is 3.08. The van der Waals surface area contributed by atoms with Crippen LogP contribution in [0.4, 0.5) is 13.2 Å². The number of hydrogen-bond acceptors (Lipinski definition) is 2. The van der Waals surface area contributed by atoms with Crippen LogP contribution in [0.1, 0.15) is 15.9 Å². The Hall–Kier alpha value is -0.970. The molecule has 1 nitrogen and oxygen atoms in total. The summed E-state index contributed by atoms with van der Waals surface area (Å²) in [6.07, 6.45) is -2.97. The third kappa shape index (κ3) is 2.75. The lowest BCUT2D eigenvalue weighted by atomic mass is 10.1. The molecule has 0 spiro atoms. The summed E-state index contributed by atoms with van der Waals surface area (Å²) >= 11 is 1.43. The van der Waals surface area contributed by atoms with Gasteiger partial charge in [-0.3, -0.25) is 4.79 Å². The van der Waals surface area contributed by atoms with E-state index >= 15 is 0 Å². The molecule has 1 aromatic rings. The van der Waals surface area contributed by atoms with Gasteiger partial charge in [-0.05, 0) is 36.9 Å². The number of rotatable bonds is 2. The van der Waals surface area contributed by atoms with Crippen LogP contribution in [-0.4, -0.2) is 18.2 Å². The molecule has 5 heteroatoms. The fourth-order valence-electron chi connectivity index (χ4n) is 1.18. The number of carbonyl (C=O) groups is 1. The van der Waals surface area contributed by atoms with E-state index in [0.717, 1.165) is 4.90 Å². The molecule has 0 aliphatic carbocycles. The van der Waals surface area contributed by atoms with Crippen molar-refractivity contribution in [3.05, 3.63) is 29.3 Å². The van der Waals surface area contributed by atoms with Crippen molar-refractivity contribution in [1.29, 1.82) is 0 Å². The summed E-state index contributed by atoms with van der Waals surface area (Å²) in [5.74, 6) is -1.79. The molecule has 0 aliphatic rings. The molecule has 1 aromatic carbocycles. The molecule has 0 saturated carbocycles. The van der Waals surface area contributed by atoms with Crippen LogP contribution in [0, 0.1) is 6.92 Å². The number of ketones is 1. The monoisotopic (exact) mass is 234 g/mol. The molecule has 15 heavy (non-hydrogen) atoms. The molecule has 0 saturated heterocycles. The Kier molecular flexibility index (Phi) is 3.44. The SMILES string of the molecule is CSc1ccc(C(=O)C(F)(F)F)cc1C. The zero-order valence-electron chi connectivity index (χ0n) is 8.18. The Bertz CT molecular complexity index is 385. The van der Waals surface area contributed by atoms with Crippen LogP contribution < -0.4 is 0 Å². The normalized spacial score (nSPS) is 11.5. The average Bonchev–Trinajstić information content (AvgIpc) is 2.15. The maximum Gasteiger partial charge on any atom is 0.454 e. The van der Waals surface area contributed by atoms with Crippen LogP contribution >= 0.6 is 11.8 Å². The van der Waals surface area contributed by atoms with Gasteiger partial charge in [0.2, 0.25) is 0 Å². The molecule has 1 rings (SSSR count). The lowest BCUT2D eigenvalue weighted by molar-refractivity contribution is -0.0885. The third-order valence-electron chi connectivity index (χ3n) is 1.91. The van der Waals surface area contributed by atoms with Crippen molar-refractivity contribution in [3.8, 4) is 0 Å². The molecule has 0 amide bonds. The summed E-state index contributed by atoms with van der Waals surface area (Å²) in [7, 11) is 0. The van der Waals surface area contributed by atoms with Gasteiger partial charge in [0, 0.05) is 10.5 Å². The first-order valence-corrected chi connectivity index (χ1v) is 5.35. The number of benzene rings is 1. The lowest BCUT2D eigenvalue weighted by Crippen LogP contribution is -2.22. The molecule has 0 N–H and O–H groups in total. The Morgan fingerprint density at radius 1 is 1.33 bits per heavy atom. The molecular formula is C10H9F3OS. The van der Waals surface area contributed by atoms with Gasteiger partial charge < -0.3 is 0 Å². The van der Waals surface area contributed by atoms with Crippen LogP contribution in [0.2, 0.25) is 0 Å². The summed E-state index contributed by atoms with van der Waals surface area (Å²) in [5.41, 5.74) is 0.371. The molecule has 0 radical (unpaired) electrons. The fraction of sp³-hybridized carbons (Fsp3) is 0.300. The van der Waals surface area contributed by atoms with Crippen molar-refractivity contribution in [2.45, 2.75) is 18.0 Å². The zero-order chi connectivity index (χ0) is 11.6. The number of alkyl halides is 3. The minimum absolute atomic E-state index is 0.308. The van der Waals surface area contributed by atoms with E-state index in [4.69, 9.17) is 0 Å². The average molecular weight is 234 g/mol. The van der Waals surface area contributed by atoms with E-state index in [9.17, 15) is 18.0 Å². The second-order valence-corrected chi connectivity index (χ2v) is 3.86. The minimum atomic E-state index is -4.80. The highest BCUT2D eigenvalue weighted by Gasteiger charge is 2.39. The maximum atomic E-state index is 12.1. The Morgan fingerprint density at radius 3 is 2.33 bits per heavy atom. The minimum Gasteiger partial charge on any atom is -0.284 e. The van der Waals surface area contributed by atoms with E-state index in [2.05, 4.69) is 0 Å². The Morgan fingerprint density at radius 2 is 1.93 bits per heavy atom. The molecule has 0 atom stereocenters. The van der Waals surface area contributed by atoms with Gasteiger partial charge >= 0.3 is 6.18 Å². The van der Waals surface area contributed by atoms with Crippen LogP contribution in [-0.2, 0) is 0 Å². The van der Waals surface area contributed by atoms with E-state index in [1.54, 1.807) is 6.92 Å². The summed E-state index contributed by atoms with van der Waals surface area (Å²) < 4.78 is 36.3. The van der Waals surface area contributed by atoms with Crippen LogP contribution in [0.25, 0.3) is 0 Å². The van der Waals surface area contributed by atoms with Crippen molar-refractivity contribution in [2.24, 2.45) is 0 Å². The highest BCUT2D eigenvalue weighted by atomic mass is 32.2. The van der Waals surface area contributed by atoms with E-state index in [-0.39, 0.29) is 5.56 Å². The van der Waals surface area contributed by atoms with Crippen molar-refractivity contribution >= 4 is 17.5 Å². The number of carbonyl (C=O) groups excluding carboxylic acids is 1. The maximum absolute atomic E-state index is 12.1. The molecule has 0 unspecified atom stereocenters. The zero-order valence-corrected chi connectivity index (χ0v) is 9.00. The van der Waals surface area contributed by atoms with E-state index in [1.165, 1.54) is 30.0 Å². The second kappa shape index (κ2) is 4.26. The molecule has 82 valence electrons. The number of thioether (sulfide) groups is 1. The molecule has 0 aliphatic heterocycles. The van der Waals surface area contributed by atoms with Gasteiger partial charge in [0.05, 0.1) is 0 Å². The van der Waals surface area contributed by atoms with Gasteiger partial charge in [0.1, 0.15) is 0 Å². The van der Waals surface area contributed by atoms with Gasteiger partial charge in [0.25, 0.3) is 5.78 Å². The highest BCUT2D eigenvalue weighted by molar-refractivity contribution is 7.98. The second-order valence-electron chi connectivity index (χ2n) is 3.01. The molecule has 0 bridgehead atoms. The quantitative estimate of drug-likeness (QED) is 0.575. The summed E-state index contributed by atoms with van der Waals surface area (Å²) in [4.78, 5) is 11.8. The predicted molar refractivity (Wildman–Crippen MR) is 53.3 cm³/mol. The summed E-state index contributed by atoms with van der Waals surface area (Å²) in [6, 6.07) is 4.00. The van der Waals surface area contributed by atoms with Crippen LogP contribution in [0.3, 0.4) is 0 Å². The van der Waals surface area contributed by atoms with Crippen LogP contribution in [0.15, 0.2) is 23.1 Å². The summed E-state index contributed by atoms with van der Waals surface area (Å²) in [5, 5.41) is 0. The topological polar surface area (TPSA) is 17.1 Å². The Labute approximate surface area is 89.7 Å². The van der Waals surface area contributed by atoms with Crippen molar-refractivity contribution in [2.75, 3.05) is 6.26 Å². The molecule has 0 heterocycles. The van der Waals surface area contributed by atoms with Gasteiger partial charge in [-0.2, -0.15) is 13.2 Å². The summed E-state index contributed by atoms with van der Waals surface area (Å²) in [6.45, 7) is 1.68. The molecule has 0 aromatic heterocycles. The van der Waals surface area contributed by atoms with Gasteiger partial charge in [-0.15, -0.1) is 11.8 Å². The lowest BCUT2D eigenvalue weighted by Gasteiger charge is -2.07. The van der Waals surface area contributed by atoms with Gasteiger partial charge in [0.15, 0.2) is 0 Å². The molecule has 0 fully saturated rings. The van der Waals surface area contributed by atoms with Crippen molar-refractivity contribution < 1.29 is 18.0 Å². The van der Waals surface area contributed by atoms with E-state index in [0.29, 0.717) is 5.56 Å². The van der Waals surface area contributed by atoms with E-state index in [1.807, 2.05) is 6.26 Å².